The highest BCUT2D eigenvalue weighted by molar-refractivity contribution is 7.78. The molecule has 0 aromatic carbocycles. The van der Waals surface area contributed by atoms with Crippen LogP contribution in [0.4, 0.5) is 0 Å². The molecular formula is C7H12OS. The molecule has 9 heavy (non-hydrogen) atoms. The van der Waals surface area contributed by atoms with Crippen LogP contribution in [0.1, 0.15) is 25.7 Å². The van der Waals surface area contributed by atoms with Gasteiger partial charge in [0.1, 0.15) is 0 Å². The van der Waals surface area contributed by atoms with Crippen molar-refractivity contribution in [3.05, 3.63) is 0 Å². The Morgan fingerprint density at radius 1 is 1.56 bits per heavy atom. The molecule has 0 aliphatic carbocycles. The molecule has 0 radical (unpaired) electrons. The first kappa shape index (κ1) is 7.16. The first-order chi connectivity index (χ1) is 4.43. The van der Waals surface area contributed by atoms with Crippen LogP contribution in [0.25, 0.3) is 0 Å². The van der Waals surface area contributed by atoms with Crippen molar-refractivity contribution in [1.82, 2.24) is 0 Å². The van der Waals surface area contributed by atoms with E-state index in [1.807, 2.05) is 0 Å². The average molecular weight is 144 g/mol. The minimum atomic E-state index is 0.441. The van der Waals surface area contributed by atoms with Gasteiger partial charge in [0.05, 0.1) is 6.10 Å². The predicted octanol–water partition coefficient (Wildman–Crippen LogP) is 1.95. The van der Waals surface area contributed by atoms with Crippen molar-refractivity contribution >= 4 is 17.6 Å². The van der Waals surface area contributed by atoms with Gasteiger partial charge in [0.2, 0.25) is 0 Å². The van der Waals surface area contributed by atoms with Crippen LogP contribution in [0.2, 0.25) is 0 Å². The molecule has 1 aliphatic rings. The van der Waals surface area contributed by atoms with E-state index >= 15 is 0 Å². The van der Waals surface area contributed by atoms with Gasteiger partial charge >= 0.3 is 0 Å². The summed E-state index contributed by atoms with van der Waals surface area (Å²) in [6.45, 7) is 0.938. The van der Waals surface area contributed by atoms with E-state index in [1.165, 1.54) is 19.3 Å². The van der Waals surface area contributed by atoms with Gasteiger partial charge in [0, 0.05) is 13.0 Å². The summed E-state index contributed by atoms with van der Waals surface area (Å²) in [5, 5.41) is 1.77. The predicted molar refractivity (Wildman–Crippen MR) is 41.9 cm³/mol. The van der Waals surface area contributed by atoms with Gasteiger partial charge in [-0.3, -0.25) is 0 Å². The molecule has 0 saturated carbocycles. The van der Waals surface area contributed by atoms with Crippen molar-refractivity contribution in [2.24, 2.45) is 0 Å². The minimum absolute atomic E-state index is 0.441. The first-order valence-corrected chi connectivity index (χ1v) is 3.96. The summed E-state index contributed by atoms with van der Waals surface area (Å²) in [5.74, 6) is 0. The quantitative estimate of drug-likeness (QED) is 0.548. The van der Waals surface area contributed by atoms with Crippen LogP contribution in [-0.2, 0) is 4.74 Å². The molecule has 0 spiro atoms. The normalized spacial score (nSPS) is 27.8. The van der Waals surface area contributed by atoms with Gasteiger partial charge in [-0.05, 0) is 24.6 Å². The van der Waals surface area contributed by atoms with E-state index in [-0.39, 0.29) is 0 Å². The lowest BCUT2D eigenvalue weighted by Crippen LogP contribution is -2.18. The third kappa shape index (κ3) is 2.41. The fourth-order valence-corrected chi connectivity index (χ4v) is 1.32. The zero-order valence-electron chi connectivity index (χ0n) is 5.51. The maximum Gasteiger partial charge on any atom is 0.0617 e. The van der Waals surface area contributed by atoms with Crippen LogP contribution < -0.4 is 0 Å². The van der Waals surface area contributed by atoms with Gasteiger partial charge < -0.3 is 4.74 Å². The Labute approximate surface area is 61.4 Å². The topological polar surface area (TPSA) is 9.23 Å². The Hall–Kier alpha value is 0.0500. The third-order valence-corrected chi connectivity index (χ3v) is 1.83. The number of ether oxygens (including phenoxy) is 1. The zero-order chi connectivity index (χ0) is 6.53. The second kappa shape index (κ2) is 3.96. The van der Waals surface area contributed by atoms with Crippen molar-refractivity contribution < 1.29 is 4.74 Å². The highest BCUT2D eigenvalue weighted by Gasteiger charge is 2.10. The summed E-state index contributed by atoms with van der Waals surface area (Å²) >= 11 is 4.73. The van der Waals surface area contributed by atoms with Crippen LogP contribution >= 0.6 is 12.2 Å². The van der Waals surface area contributed by atoms with Gasteiger partial charge in [-0.15, -0.1) is 0 Å². The van der Waals surface area contributed by atoms with Gasteiger partial charge in [0.25, 0.3) is 0 Å². The minimum Gasteiger partial charge on any atom is -0.378 e. The first-order valence-electron chi connectivity index (χ1n) is 3.48. The molecule has 0 aromatic rings. The lowest BCUT2D eigenvalue weighted by atomic mass is 10.1. The highest BCUT2D eigenvalue weighted by atomic mass is 32.1. The van der Waals surface area contributed by atoms with E-state index in [4.69, 9.17) is 17.0 Å². The molecule has 52 valence electrons. The van der Waals surface area contributed by atoms with Crippen LogP contribution in [0, 0.1) is 0 Å². The van der Waals surface area contributed by atoms with Gasteiger partial charge in [-0.1, -0.05) is 12.2 Å². The summed E-state index contributed by atoms with van der Waals surface area (Å²) in [5.41, 5.74) is 0. The molecule has 1 nitrogen and oxygen atoms in total. The maximum atomic E-state index is 5.42. The number of rotatable bonds is 2. The summed E-state index contributed by atoms with van der Waals surface area (Å²) in [4.78, 5) is 0. The van der Waals surface area contributed by atoms with Crippen LogP contribution in [0.3, 0.4) is 0 Å². The maximum absolute atomic E-state index is 5.42. The van der Waals surface area contributed by atoms with E-state index in [1.54, 1.807) is 5.37 Å². The third-order valence-electron chi connectivity index (χ3n) is 1.63. The number of thiocarbonyl (C=S) groups is 1. The van der Waals surface area contributed by atoms with Crippen molar-refractivity contribution in [1.29, 1.82) is 0 Å². The fraction of sp³-hybridized carbons (Fsp3) is 0.857. The lowest BCUT2D eigenvalue weighted by Gasteiger charge is -2.20. The van der Waals surface area contributed by atoms with Crippen LogP contribution in [0.15, 0.2) is 0 Å². The van der Waals surface area contributed by atoms with Gasteiger partial charge in [-0.25, -0.2) is 0 Å². The molecule has 0 N–H and O–H groups in total. The number of hydrogen-bond acceptors (Lipinski definition) is 2. The van der Waals surface area contributed by atoms with Gasteiger partial charge in [0.15, 0.2) is 0 Å². The SMILES string of the molecule is S=CCC1CCCCO1. The molecule has 1 heterocycles. The van der Waals surface area contributed by atoms with Crippen molar-refractivity contribution in [3.63, 3.8) is 0 Å². The van der Waals surface area contributed by atoms with E-state index < -0.39 is 0 Å². The van der Waals surface area contributed by atoms with E-state index in [0.29, 0.717) is 6.10 Å². The Kier molecular flexibility index (Phi) is 3.15. The summed E-state index contributed by atoms with van der Waals surface area (Å²) in [6, 6.07) is 0. The molecule has 1 rings (SSSR count). The van der Waals surface area contributed by atoms with E-state index in [0.717, 1.165) is 13.0 Å². The summed E-state index contributed by atoms with van der Waals surface area (Å²) < 4.78 is 5.42. The molecule has 1 fully saturated rings. The van der Waals surface area contributed by atoms with E-state index in [2.05, 4.69) is 0 Å². The zero-order valence-corrected chi connectivity index (χ0v) is 6.32. The number of hydrogen-bond donors (Lipinski definition) is 0. The molecule has 0 aromatic heterocycles. The van der Waals surface area contributed by atoms with Crippen molar-refractivity contribution in [2.75, 3.05) is 6.61 Å². The second-order valence-corrected chi connectivity index (χ2v) is 2.72. The monoisotopic (exact) mass is 144 g/mol. The largest absolute Gasteiger partial charge is 0.378 e. The fourth-order valence-electron chi connectivity index (χ4n) is 1.10. The van der Waals surface area contributed by atoms with E-state index in [9.17, 15) is 0 Å². The van der Waals surface area contributed by atoms with Crippen LogP contribution in [0.5, 0.6) is 0 Å². The Morgan fingerprint density at radius 3 is 3.00 bits per heavy atom. The Bertz CT molecular complexity index is 86.9. The highest BCUT2D eigenvalue weighted by Crippen LogP contribution is 2.14. The smallest absolute Gasteiger partial charge is 0.0617 e. The summed E-state index contributed by atoms with van der Waals surface area (Å²) in [6.07, 6.45) is 5.14. The molecule has 0 amide bonds. The summed E-state index contributed by atoms with van der Waals surface area (Å²) in [7, 11) is 0. The molecule has 1 unspecified atom stereocenters. The molecular weight excluding hydrogens is 132 g/mol. The molecule has 0 bridgehead atoms. The Morgan fingerprint density at radius 2 is 2.44 bits per heavy atom. The van der Waals surface area contributed by atoms with Gasteiger partial charge in [-0.2, -0.15) is 0 Å². The lowest BCUT2D eigenvalue weighted by molar-refractivity contribution is 0.0220. The molecule has 2 heteroatoms. The molecule has 1 saturated heterocycles. The second-order valence-electron chi connectivity index (χ2n) is 2.39. The average Bonchev–Trinajstić information content (AvgIpc) is 1.91. The van der Waals surface area contributed by atoms with Crippen LogP contribution in [-0.4, -0.2) is 18.1 Å². The molecule has 1 atom stereocenters. The van der Waals surface area contributed by atoms with Crippen molar-refractivity contribution in [2.45, 2.75) is 31.8 Å². The van der Waals surface area contributed by atoms with Crippen molar-refractivity contribution in [3.8, 4) is 0 Å². The molecule has 1 aliphatic heterocycles. The Balaban J connectivity index is 2.15. The standard InChI is InChI=1S/C7H12OS/c9-6-4-7-3-1-2-5-8-7/h6-7H,1-5H2.